The molecule has 0 aliphatic heterocycles. The predicted octanol–water partition coefficient (Wildman–Crippen LogP) is 3.39. The van der Waals surface area contributed by atoms with E-state index in [-0.39, 0.29) is 6.04 Å². The molecule has 1 aromatic carbocycles. The smallest absolute Gasteiger partial charge is 0.147 e. The first-order valence-corrected chi connectivity index (χ1v) is 6.58. The van der Waals surface area contributed by atoms with Crippen LogP contribution in [-0.4, -0.2) is 16.5 Å². The topological polar surface area (TPSA) is 49.8 Å². The monoisotopic (exact) mass is 256 g/mol. The number of nitrogens with zero attached hydrogens (tertiary/aromatic N) is 2. The Morgan fingerprint density at radius 3 is 2.47 bits per heavy atom. The van der Waals surface area contributed by atoms with Crippen molar-refractivity contribution in [3.05, 3.63) is 47.8 Å². The number of benzene rings is 1. The zero-order chi connectivity index (χ0) is 13.7. The second kappa shape index (κ2) is 6.18. The van der Waals surface area contributed by atoms with Gasteiger partial charge >= 0.3 is 0 Å². The van der Waals surface area contributed by atoms with E-state index in [1.807, 2.05) is 6.92 Å². The SMILES string of the molecule is CCNc1cncc(NC(C)c2ccc(C)cc2)n1. The maximum Gasteiger partial charge on any atom is 0.147 e. The highest BCUT2D eigenvalue weighted by Gasteiger charge is 2.06. The molecule has 0 radical (unpaired) electrons. The van der Waals surface area contributed by atoms with Crippen molar-refractivity contribution in [2.75, 3.05) is 17.2 Å². The van der Waals surface area contributed by atoms with Gasteiger partial charge in [-0.1, -0.05) is 29.8 Å². The van der Waals surface area contributed by atoms with Crippen LogP contribution in [0.25, 0.3) is 0 Å². The van der Waals surface area contributed by atoms with Gasteiger partial charge in [0, 0.05) is 12.6 Å². The summed E-state index contributed by atoms with van der Waals surface area (Å²) in [6.07, 6.45) is 3.47. The lowest BCUT2D eigenvalue weighted by Gasteiger charge is -2.15. The number of aryl methyl sites for hydroxylation is 1. The molecule has 0 saturated heterocycles. The first-order chi connectivity index (χ1) is 9.19. The van der Waals surface area contributed by atoms with Gasteiger partial charge in [-0.25, -0.2) is 4.98 Å². The van der Waals surface area contributed by atoms with E-state index in [9.17, 15) is 0 Å². The second-order valence-electron chi connectivity index (χ2n) is 4.60. The zero-order valence-corrected chi connectivity index (χ0v) is 11.6. The van der Waals surface area contributed by atoms with Crippen LogP contribution in [0.2, 0.25) is 0 Å². The van der Waals surface area contributed by atoms with Gasteiger partial charge < -0.3 is 10.6 Å². The average molecular weight is 256 g/mol. The van der Waals surface area contributed by atoms with E-state index in [0.717, 1.165) is 18.2 Å². The van der Waals surface area contributed by atoms with Crippen LogP contribution in [0.5, 0.6) is 0 Å². The largest absolute Gasteiger partial charge is 0.369 e. The third-order valence-corrected chi connectivity index (χ3v) is 2.93. The van der Waals surface area contributed by atoms with E-state index in [1.54, 1.807) is 12.4 Å². The van der Waals surface area contributed by atoms with Crippen LogP contribution < -0.4 is 10.6 Å². The molecule has 2 N–H and O–H groups in total. The first-order valence-electron chi connectivity index (χ1n) is 6.58. The standard InChI is InChI=1S/C15H20N4/c1-4-17-14-9-16-10-15(19-14)18-12(3)13-7-5-11(2)6-8-13/h5-10,12H,4H2,1-3H3,(H2,17,18,19). The summed E-state index contributed by atoms with van der Waals surface area (Å²) in [5.41, 5.74) is 2.51. The lowest BCUT2D eigenvalue weighted by atomic mass is 10.1. The molecule has 0 fully saturated rings. The van der Waals surface area contributed by atoms with Crippen LogP contribution >= 0.6 is 0 Å². The van der Waals surface area contributed by atoms with Gasteiger partial charge in [0.15, 0.2) is 0 Å². The number of anilines is 2. The van der Waals surface area contributed by atoms with E-state index in [4.69, 9.17) is 0 Å². The maximum atomic E-state index is 4.46. The molecule has 19 heavy (non-hydrogen) atoms. The third-order valence-electron chi connectivity index (χ3n) is 2.93. The minimum absolute atomic E-state index is 0.201. The Morgan fingerprint density at radius 2 is 1.79 bits per heavy atom. The van der Waals surface area contributed by atoms with Gasteiger partial charge in [-0.15, -0.1) is 0 Å². The van der Waals surface area contributed by atoms with Crippen molar-refractivity contribution in [1.29, 1.82) is 0 Å². The lowest BCUT2D eigenvalue weighted by Crippen LogP contribution is -2.09. The molecule has 1 heterocycles. The normalized spacial score (nSPS) is 11.9. The van der Waals surface area contributed by atoms with Crippen LogP contribution in [0.1, 0.15) is 31.0 Å². The van der Waals surface area contributed by atoms with Crippen molar-refractivity contribution in [3.63, 3.8) is 0 Å². The van der Waals surface area contributed by atoms with Gasteiger partial charge in [-0.2, -0.15) is 0 Å². The summed E-state index contributed by atoms with van der Waals surface area (Å²) in [6.45, 7) is 7.09. The quantitative estimate of drug-likeness (QED) is 0.861. The van der Waals surface area contributed by atoms with E-state index in [1.165, 1.54) is 11.1 Å². The molecule has 0 saturated carbocycles. The van der Waals surface area contributed by atoms with Crippen LogP contribution in [-0.2, 0) is 0 Å². The molecular weight excluding hydrogens is 236 g/mol. The average Bonchev–Trinajstić information content (AvgIpc) is 2.40. The van der Waals surface area contributed by atoms with E-state index < -0.39 is 0 Å². The number of rotatable bonds is 5. The fourth-order valence-corrected chi connectivity index (χ4v) is 1.86. The summed E-state index contributed by atoms with van der Waals surface area (Å²) >= 11 is 0. The van der Waals surface area contributed by atoms with Gasteiger partial charge in [-0.3, -0.25) is 4.98 Å². The minimum Gasteiger partial charge on any atom is -0.369 e. The Labute approximate surface area is 114 Å². The molecule has 100 valence electrons. The summed E-state index contributed by atoms with van der Waals surface area (Å²) in [5.74, 6) is 1.58. The molecule has 4 heteroatoms. The van der Waals surface area contributed by atoms with Crippen LogP contribution in [0.15, 0.2) is 36.7 Å². The zero-order valence-electron chi connectivity index (χ0n) is 11.6. The maximum absolute atomic E-state index is 4.46. The van der Waals surface area contributed by atoms with E-state index in [2.05, 4.69) is 58.7 Å². The van der Waals surface area contributed by atoms with Crippen molar-refractivity contribution in [2.45, 2.75) is 26.8 Å². The number of hydrogen-bond acceptors (Lipinski definition) is 4. The fourth-order valence-electron chi connectivity index (χ4n) is 1.86. The number of hydrogen-bond donors (Lipinski definition) is 2. The summed E-state index contributed by atoms with van der Waals surface area (Å²) in [4.78, 5) is 8.64. The van der Waals surface area contributed by atoms with Crippen molar-refractivity contribution in [3.8, 4) is 0 Å². The summed E-state index contributed by atoms with van der Waals surface area (Å²) in [6, 6.07) is 8.71. The van der Waals surface area contributed by atoms with Crippen molar-refractivity contribution in [2.24, 2.45) is 0 Å². The number of nitrogens with one attached hydrogen (secondary N) is 2. The molecular formula is C15H20N4. The third kappa shape index (κ3) is 3.68. The molecule has 2 rings (SSSR count). The Bertz CT molecular complexity index is 522. The second-order valence-corrected chi connectivity index (χ2v) is 4.60. The minimum atomic E-state index is 0.201. The van der Waals surface area contributed by atoms with Crippen LogP contribution in [0.3, 0.4) is 0 Å². The molecule has 0 aliphatic rings. The summed E-state index contributed by atoms with van der Waals surface area (Å²) < 4.78 is 0. The van der Waals surface area contributed by atoms with Gasteiger partial charge in [-0.05, 0) is 26.3 Å². The molecule has 0 spiro atoms. The molecule has 0 amide bonds. The first kappa shape index (κ1) is 13.3. The van der Waals surface area contributed by atoms with Gasteiger partial charge in [0.1, 0.15) is 11.6 Å². The van der Waals surface area contributed by atoms with Gasteiger partial charge in [0.05, 0.1) is 12.4 Å². The van der Waals surface area contributed by atoms with Crippen LogP contribution in [0, 0.1) is 6.92 Å². The van der Waals surface area contributed by atoms with Gasteiger partial charge in [0.2, 0.25) is 0 Å². The van der Waals surface area contributed by atoms with Crippen LogP contribution in [0.4, 0.5) is 11.6 Å². The Morgan fingerprint density at radius 1 is 1.11 bits per heavy atom. The lowest BCUT2D eigenvalue weighted by molar-refractivity contribution is 0.870. The molecule has 1 unspecified atom stereocenters. The summed E-state index contributed by atoms with van der Waals surface area (Å²) in [5, 5.41) is 6.52. The molecule has 0 aliphatic carbocycles. The van der Waals surface area contributed by atoms with Crippen molar-refractivity contribution in [1.82, 2.24) is 9.97 Å². The molecule has 4 nitrogen and oxygen atoms in total. The molecule has 2 aromatic rings. The highest BCUT2D eigenvalue weighted by atomic mass is 15.1. The van der Waals surface area contributed by atoms with Crippen molar-refractivity contribution < 1.29 is 0 Å². The number of aromatic nitrogens is 2. The van der Waals surface area contributed by atoms with Gasteiger partial charge in [0.25, 0.3) is 0 Å². The molecule has 0 bridgehead atoms. The Hall–Kier alpha value is -2.10. The molecule has 1 atom stereocenters. The van der Waals surface area contributed by atoms with E-state index >= 15 is 0 Å². The van der Waals surface area contributed by atoms with E-state index in [0.29, 0.717) is 0 Å². The Kier molecular flexibility index (Phi) is 4.34. The van der Waals surface area contributed by atoms with Crippen molar-refractivity contribution >= 4 is 11.6 Å². The Balaban J connectivity index is 2.07. The highest BCUT2D eigenvalue weighted by molar-refractivity contribution is 5.43. The fraction of sp³-hybridized carbons (Fsp3) is 0.333. The predicted molar refractivity (Wildman–Crippen MR) is 79.4 cm³/mol. The summed E-state index contributed by atoms with van der Waals surface area (Å²) in [7, 11) is 0. The molecule has 1 aromatic heterocycles. The highest BCUT2D eigenvalue weighted by Crippen LogP contribution is 2.18.